The van der Waals surface area contributed by atoms with Crippen molar-refractivity contribution in [1.82, 2.24) is 9.97 Å². The van der Waals surface area contributed by atoms with Crippen LogP contribution in [0.25, 0.3) is 0 Å². The van der Waals surface area contributed by atoms with E-state index in [1.54, 1.807) is 0 Å². The van der Waals surface area contributed by atoms with E-state index in [2.05, 4.69) is 9.97 Å². The Kier molecular flexibility index (Phi) is 3.69. The molecule has 90 valence electrons. The summed E-state index contributed by atoms with van der Waals surface area (Å²) in [6, 6.07) is 5.97. The van der Waals surface area contributed by atoms with Crippen molar-refractivity contribution in [2.45, 2.75) is 0 Å². The topological polar surface area (TPSA) is 59.9 Å². The van der Waals surface area contributed by atoms with E-state index in [4.69, 9.17) is 23.2 Å². The van der Waals surface area contributed by atoms with E-state index in [1.807, 2.05) is 0 Å². The Morgan fingerprint density at radius 3 is 2.50 bits per heavy atom. The molecule has 0 atom stereocenters. The molecule has 2 heterocycles. The van der Waals surface area contributed by atoms with Gasteiger partial charge in [-0.3, -0.25) is 14.6 Å². The minimum Gasteiger partial charge on any atom is -0.287 e. The second kappa shape index (κ2) is 5.25. The third-order valence-electron chi connectivity index (χ3n) is 2.22. The molecule has 0 fully saturated rings. The highest BCUT2D eigenvalue weighted by Gasteiger charge is 2.18. The predicted octanol–water partition coefficient (Wildman–Crippen LogP) is 2.74. The summed E-state index contributed by atoms with van der Waals surface area (Å²) < 4.78 is 0. The van der Waals surface area contributed by atoms with Crippen molar-refractivity contribution in [2.75, 3.05) is 0 Å². The Hall–Kier alpha value is -1.78. The van der Waals surface area contributed by atoms with Crippen LogP contribution in [0.1, 0.15) is 26.4 Å². The molecule has 6 heteroatoms. The van der Waals surface area contributed by atoms with Crippen molar-refractivity contribution in [3.05, 3.63) is 58.6 Å². The van der Waals surface area contributed by atoms with Crippen molar-refractivity contribution < 1.29 is 9.59 Å². The van der Waals surface area contributed by atoms with E-state index in [0.29, 0.717) is 0 Å². The minimum atomic E-state index is -0.728. The fourth-order valence-corrected chi connectivity index (χ4v) is 1.66. The molecule has 0 aliphatic heterocycles. The molecule has 0 N–H and O–H groups in total. The first kappa shape index (κ1) is 12.7. The average Bonchev–Trinajstić information content (AvgIpc) is 2.39. The monoisotopic (exact) mass is 280 g/mol. The van der Waals surface area contributed by atoms with Gasteiger partial charge in [0, 0.05) is 18.0 Å². The summed E-state index contributed by atoms with van der Waals surface area (Å²) in [5.41, 5.74) is 0.359. The molecule has 0 saturated carbocycles. The zero-order valence-electron chi connectivity index (χ0n) is 8.93. The summed E-state index contributed by atoms with van der Waals surface area (Å²) in [5, 5.41) is -0.449. The predicted molar refractivity (Wildman–Crippen MR) is 67.1 cm³/mol. The Labute approximate surface area is 113 Å². The smallest absolute Gasteiger partial charge is 0.254 e. The van der Waals surface area contributed by atoms with Crippen LogP contribution in [0, 0.1) is 0 Å². The van der Waals surface area contributed by atoms with Gasteiger partial charge in [-0.2, -0.15) is 0 Å². The number of ketones is 1. The first-order chi connectivity index (χ1) is 8.59. The summed E-state index contributed by atoms with van der Waals surface area (Å²) in [6.45, 7) is 0. The number of pyridine rings is 2. The summed E-state index contributed by atoms with van der Waals surface area (Å²) in [4.78, 5) is 31.0. The van der Waals surface area contributed by atoms with Crippen molar-refractivity contribution >= 4 is 34.2 Å². The summed E-state index contributed by atoms with van der Waals surface area (Å²) in [7, 11) is 0. The normalized spacial score (nSPS) is 10.1. The number of halogens is 2. The van der Waals surface area contributed by atoms with Gasteiger partial charge in [0.1, 0.15) is 10.8 Å². The average molecular weight is 281 g/mol. The maximum absolute atomic E-state index is 12.1. The largest absolute Gasteiger partial charge is 0.287 e. The maximum atomic E-state index is 12.1. The number of hydrogen-bond acceptors (Lipinski definition) is 4. The first-order valence-corrected chi connectivity index (χ1v) is 5.66. The Bertz CT molecular complexity index is 612. The molecule has 0 aromatic carbocycles. The van der Waals surface area contributed by atoms with Crippen LogP contribution in [-0.2, 0) is 0 Å². The molecule has 18 heavy (non-hydrogen) atoms. The van der Waals surface area contributed by atoms with Crippen LogP contribution in [-0.4, -0.2) is 21.0 Å². The second-order valence-corrected chi connectivity index (χ2v) is 4.10. The van der Waals surface area contributed by atoms with Gasteiger partial charge < -0.3 is 0 Å². The van der Waals surface area contributed by atoms with Crippen LogP contribution in [0.3, 0.4) is 0 Å². The zero-order chi connectivity index (χ0) is 13.1. The Morgan fingerprint density at radius 2 is 1.89 bits per heavy atom. The molecule has 2 aromatic rings. The number of nitrogens with zero attached hydrogens (tertiary/aromatic N) is 2. The third-order valence-corrected chi connectivity index (χ3v) is 2.65. The highest BCUT2D eigenvalue weighted by Crippen LogP contribution is 2.14. The SMILES string of the molecule is O=C(Cl)c1cccnc1C(=O)c1ccc(Cl)nc1. The summed E-state index contributed by atoms with van der Waals surface area (Å²) >= 11 is 11.0. The van der Waals surface area contributed by atoms with Crippen molar-refractivity contribution in [1.29, 1.82) is 0 Å². The standard InChI is InChI=1S/C12H6Cl2N2O2/c13-9-4-3-7(6-16-9)11(17)10-8(12(14)18)2-1-5-15-10/h1-6H. The Balaban J connectivity index is 2.46. The van der Waals surface area contributed by atoms with E-state index >= 15 is 0 Å². The molecule has 4 nitrogen and oxygen atoms in total. The fourth-order valence-electron chi connectivity index (χ4n) is 1.39. The van der Waals surface area contributed by atoms with Crippen molar-refractivity contribution in [3.63, 3.8) is 0 Å². The molecular formula is C12H6Cl2N2O2. The number of aromatic nitrogens is 2. The molecule has 0 spiro atoms. The van der Waals surface area contributed by atoms with Gasteiger partial charge in [0.15, 0.2) is 0 Å². The van der Waals surface area contributed by atoms with Gasteiger partial charge in [-0.25, -0.2) is 4.98 Å². The zero-order valence-corrected chi connectivity index (χ0v) is 10.4. The lowest BCUT2D eigenvalue weighted by Gasteiger charge is -2.03. The van der Waals surface area contributed by atoms with E-state index in [-0.39, 0.29) is 22.0 Å². The van der Waals surface area contributed by atoms with Gasteiger partial charge in [-0.15, -0.1) is 0 Å². The first-order valence-electron chi connectivity index (χ1n) is 4.90. The van der Waals surface area contributed by atoms with Crippen molar-refractivity contribution in [3.8, 4) is 0 Å². The van der Waals surface area contributed by atoms with Gasteiger partial charge >= 0.3 is 0 Å². The van der Waals surface area contributed by atoms with Gasteiger partial charge in [-0.05, 0) is 35.9 Å². The molecular weight excluding hydrogens is 275 g/mol. The molecule has 0 bridgehead atoms. The van der Waals surface area contributed by atoms with Gasteiger partial charge in [0.05, 0.1) is 5.56 Å². The molecule has 0 aliphatic rings. The highest BCUT2D eigenvalue weighted by molar-refractivity contribution is 6.68. The van der Waals surface area contributed by atoms with Crippen LogP contribution in [0.5, 0.6) is 0 Å². The van der Waals surface area contributed by atoms with Crippen LogP contribution in [0.2, 0.25) is 5.15 Å². The van der Waals surface area contributed by atoms with E-state index in [1.165, 1.54) is 36.7 Å². The number of carbonyl (C=O) groups is 2. The lowest BCUT2D eigenvalue weighted by atomic mass is 10.1. The lowest BCUT2D eigenvalue weighted by molar-refractivity contribution is 0.101. The second-order valence-electron chi connectivity index (χ2n) is 3.37. The molecule has 2 rings (SSSR count). The lowest BCUT2D eigenvalue weighted by Crippen LogP contribution is -2.10. The molecule has 2 aromatic heterocycles. The quantitative estimate of drug-likeness (QED) is 0.493. The molecule has 0 amide bonds. The fraction of sp³-hybridized carbons (Fsp3) is 0. The molecule has 0 unspecified atom stereocenters. The van der Waals surface area contributed by atoms with Crippen LogP contribution >= 0.6 is 23.2 Å². The van der Waals surface area contributed by atoms with E-state index in [0.717, 1.165) is 0 Å². The van der Waals surface area contributed by atoms with Crippen LogP contribution in [0.15, 0.2) is 36.7 Å². The highest BCUT2D eigenvalue weighted by atomic mass is 35.5. The maximum Gasteiger partial charge on any atom is 0.254 e. The van der Waals surface area contributed by atoms with Crippen LogP contribution in [0.4, 0.5) is 0 Å². The van der Waals surface area contributed by atoms with E-state index < -0.39 is 11.0 Å². The minimum absolute atomic E-state index is 0.00150. The van der Waals surface area contributed by atoms with Gasteiger partial charge in [-0.1, -0.05) is 11.6 Å². The molecule has 0 aliphatic carbocycles. The van der Waals surface area contributed by atoms with Crippen molar-refractivity contribution in [2.24, 2.45) is 0 Å². The van der Waals surface area contributed by atoms with Gasteiger partial charge in [0.2, 0.25) is 5.78 Å². The molecule has 0 saturated heterocycles. The third kappa shape index (κ3) is 2.55. The van der Waals surface area contributed by atoms with Gasteiger partial charge in [0.25, 0.3) is 5.24 Å². The number of rotatable bonds is 3. The summed E-state index contributed by atoms with van der Waals surface area (Å²) in [6.07, 6.45) is 2.74. The number of carbonyl (C=O) groups excluding carboxylic acids is 2. The van der Waals surface area contributed by atoms with E-state index in [9.17, 15) is 9.59 Å². The summed E-state index contributed by atoms with van der Waals surface area (Å²) in [5.74, 6) is -0.427. The van der Waals surface area contributed by atoms with Crippen LogP contribution < -0.4 is 0 Å². The molecule has 0 radical (unpaired) electrons. The number of hydrogen-bond donors (Lipinski definition) is 0. The Morgan fingerprint density at radius 1 is 1.11 bits per heavy atom.